The molecule has 2 aliphatic carbocycles. The van der Waals surface area contributed by atoms with E-state index in [2.05, 4.69) is 20.1 Å². The number of carbonyl (C=O) groups excluding carboxylic acids is 1. The van der Waals surface area contributed by atoms with Crippen molar-refractivity contribution in [3.05, 3.63) is 24.5 Å². The monoisotopic (exact) mass is 400 g/mol. The van der Waals surface area contributed by atoms with Crippen LogP contribution in [-0.4, -0.2) is 43.8 Å². The van der Waals surface area contributed by atoms with E-state index in [1.165, 1.54) is 50.3 Å². The van der Waals surface area contributed by atoms with E-state index >= 15 is 0 Å². The Kier molecular flexibility index (Phi) is 6.62. The van der Waals surface area contributed by atoms with Crippen LogP contribution in [0.4, 0.5) is 0 Å². The van der Waals surface area contributed by atoms with Crippen molar-refractivity contribution in [2.75, 3.05) is 5.75 Å². The number of nitrogens with zero attached hydrogens (tertiary/aromatic N) is 4. The Morgan fingerprint density at radius 2 is 1.71 bits per heavy atom. The molecule has 1 amide bonds. The standard InChI is InChI=1S/C21H28N4O2S/c26-19(15-28-21-24-23-20(27-21)16-8-7-13-22-14-16)25(17-9-3-1-4-10-17)18-11-5-2-6-12-18/h7-8,13-14,17-18H,1-6,9-12,15H2. The fourth-order valence-electron chi connectivity index (χ4n) is 4.50. The van der Waals surface area contributed by atoms with E-state index in [0.29, 0.717) is 29.0 Å². The molecule has 0 bridgehead atoms. The number of carbonyl (C=O) groups is 1. The average Bonchev–Trinajstić information content (AvgIpc) is 3.24. The van der Waals surface area contributed by atoms with Crippen LogP contribution in [0.5, 0.6) is 0 Å². The highest BCUT2D eigenvalue weighted by atomic mass is 32.2. The van der Waals surface area contributed by atoms with Crippen molar-refractivity contribution < 1.29 is 9.21 Å². The second-order valence-corrected chi connectivity index (χ2v) is 8.71. The SMILES string of the molecule is O=C(CSc1nnc(-c2cccnc2)o1)N(C1CCCCC1)C1CCCCC1. The summed E-state index contributed by atoms with van der Waals surface area (Å²) in [6, 6.07) is 4.55. The zero-order valence-corrected chi connectivity index (χ0v) is 17.1. The van der Waals surface area contributed by atoms with E-state index in [0.717, 1.165) is 31.2 Å². The maximum Gasteiger partial charge on any atom is 0.277 e. The van der Waals surface area contributed by atoms with Crippen molar-refractivity contribution in [2.45, 2.75) is 81.5 Å². The number of pyridine rings is 1. The largest absolute Gasteiger partial charge is 0.411 e. The van der Waals surface area contributed by atoms with E-state index in [9.17, 15) is 4.79 Å². The van der Waals surface area contributed by atoms with Gasteiger partial charge in [0.2, 0.25) is 11.8 Å². The molecular formula is C21H28N4O2S. The molecule has 0 aromatic carbocycles. The molecule has 4 rings (SSSR count). The first-order chi connectivity index (χ1) is 13.8. The molecule has 150 valence electrons. The van der Waals surface area contributed by atoms with Gasteiger partial charge in [-0.15, -0.1) is 10.2 Å². The number of amides is 1. The van der Waals surface area contributed by atoms with E-state index in [-0.39, 0.29) is 5.91 Å². The molecule has 2 aromatic heterocycles. The fraction of sp³-hybridized carbons (Fsp3) is 0.619. The molecule has 6 nitrogen and oxygen atoms in total. The predicted molar refractivity (Wildman–Crippen MR) is 109 cm³/mol. The van der Waals surface area contributed by atoms with Gasteiger partial charge in [0.15, 0.2) is 0 Å². The molecule has 0 saturated heterocycles. The number of hydrogen-bond donors (Lipinski definition) is 0. The zero-order valence-electron chi connectivity index (χ0n) is 16.3. The maximum absolute atomic E-state index is 13.2. The molecule has 7 heteroatoms. The smallest absolute Gasteiger partial charge is 0.277 e. The molecule has 0 N–H and O–H groups in total. The minimum atomic E-state index is 0.227. The summed E-state index contributed by atoms with van der Waals surface area (Å²) in [6.45, 7) is 0. The van der Waals surface area contributed by atoms with Gasteiger partial charge in [-0.2, -0.15) is 0 Å². The molecule has 2 aliphatic rings. The highest BCUT2D eigenvalue weighted by Crippen LogP contribution is 2.31. The zero-order chi connectivity index (χ0) is 19.2. The van der Waals surface area contributed by atoms with Gasteiger partial charge in [0.1, 0.15) is 0 Å². The normalized spacial score (nSPS) is 18.9. The van der Waals surface area contributed by atoms with Gasteiger partial charge in [-0.25, -0.2) is 0 Å². The topological polar surface area (TPSA) is 72.1 Å². The summed E-state index contributed by atoms with van der Waals surface area (Å²) in [6.07, 6.45) is 15.6. The Hall–Kier alpha value is -1.89. The lowest BCUT2D eigenvalue weighted by molar-refractivity contribution is -0.135. The molecule has 28 heavy (non-hydrogen) atoms. The van der Waals surface area contributed by atoms with Crippen LogP contribution in [0.15, 0.2) is 34.2 Å². The molecule has 0 spiro atoms. The summed E-state index contributed by atoms with van der Waals surface area (Å²) in [5, 5.41) is 8.63. The first-order valence-electron chi connectivity index (χ1n) is 10.5. The van der Waals surface area contributed by atoms with Crippen LogP contribution in [0.25, 0.3) is 11.5 Å². The molecule has 0 aliphatic heterocycles. The van der Waals surface area contributed by atoms with Gasteiger partial charge in [0.05, 0.1) is 11.3 Å². The third-order valence-corrected chi connectivity index (χ3v) is 6.66. The van der Waals surface area contributed by atoms with Gasteiger partial charge in [0, 0.05) is 24.5 Å². The van der Waals surface area contributed by atoms with Crippen LogP contribution >= 0.6 is 11.8 Å². The van der Waals surface area contributed by atoms with Crippen LogP contribution in [0.2, 0.25) is 0 Å². The predicted octanol–water partition coefficient (Wildman–Crippen LogP) is 4.72. The Morgan fingerprint density at radius 1 is 1.04 bits per heavy atom. The lowest BCUT2D eigenvalue weighted by Gasteiger charge is -2.41. The van der Waals surface area contributed by atoms with E-state index < -0.39 is 0 Å². The summed E-state index contributed by atoms with van der Waals surface area (Å²) in [5.41, 5.74) is 0.791. The number of hydrogen-bond acceptors (Lipinski definition) is 6. The van der Waals surface area contributed by atoms with Crippen LogP contribution in [0.3, 0.4) is 0 Å². The van der Waals surface area contributed by atoms with Crippen molar-refractivity contribution in [1.29, 1.82) is 0 Å². The minimum Gasteiger partial charge on any atom is -0.411 e. The van der Waals surface area contributed by atoms with Gasteiger partial charge in [-0.1, -0.05) is 50.3 Å². The first-order valence-corrected chi connectivity index (χ1v) is 11.5. The second-order valence-electron chi connectivity index (χ2n) is 7.79. The molecule has 0 unspecified atom stereocenters. The molecule has 0 atom stereocenters. The van der Waals surface area contributed by atoms with Crippen molar-refractivity contribution in [2.24, 2.45) is 0 Å². The Balaban J connectivity index is 1.40. The number of rotatable bonds is 6. The van der Waals surface area contributed by atoms with E-state index in [1.54, 1.807) is 12.4 Å². The Bertz CT molecular complexity index is 737. The van der Waals surface area contributed by atoms with Crippen LogP contribution < -0.4 is 0 Å². The fourth-order valence-corrected chi connectivity index (χ4v) is 5.13. The third-order valence-electron chi connectivity index (χ3n) is 5.86. The van der Waals surface area contributed by atoms with Crippen LogP contribution in [0, 0.1) is 0 Å². The number of thioether (sulfide) groups is 1. The quantitative estimate of drug-likeness (QED) is 0.654. The summed E-state index contributed by atoms with van der Waals surface area (Å²) in [5.74, 6) is 1.03. The van der Waals surface area contributed by atoms with Crippen molar-refractivity contribution in [3.8, 4) is 11.5 Å². The van der Waals surface area contributed by atoms with Gasteiger partial charge in [0.25, 0.3) is 5.22 Å². The van der Waals surface area contributed by atoms with Crippen LogP contribution in [0.1, 0.15) is 64.2 Å². The highest BCUT2D eigenvalue weighted by molar-refractivity contribution is 7.99. The minimum absolute atomic E-state index is 0.227. The molecule has 2 aromatic rings. The van der Waals surface area contributed by atoms with Gasteiger partial charge in [-0.3, -0.25) is 9.78 Å². The lowest BCUT2D eigenvalue weighted by Crippen LogP contribution is -2.49. The molecular weight excluding hydrogens is 372 g/mol. The second kappa shape index (κ2) is 9.54. The average molecular weight is 401 g/mol. The Morgan fingerprint density at radius 3 is 2.32 bits per heavy atom. The molecule has 2 saturated carbocycles. The highest BCUT2D eigenvalue weighted by Gasteiger charge is 2.32. The van der Waals surface area contributed by atoms with E-state index in [1.807, 2.05) is 12.1 Å². The van der Waals surface area contributed by atoms with Gasteiger partial charge < -0.3 is 9.32 Å². The van der Waals surface area contributed by atoms with E-state index in [4.69, 9.17) is 4.42 Å². The first kappa shape index (κ1) is 19.4. The van der Waals surface area contributed by atoms with Gasteiger partial charge in [-0.05, 0) is 37.8 Å². The van der Waals surface area contributed by atoms with Crippen molar-refractivity contribution >= 4 is 17.7 Å². The third kappa shape index (κ3) is 4.74. The maximum atomic E-state index is 13.2. The molecule has 2 heterocycles. The van der Waals surface area contributed by atoms with Crippen molar-refractivity contribution in [3.63, 3.8) is 0 Å². The summed E-state index contributed by atoms with van der Waals surface area (Å²) in [7, 11) is 0. The Labute approximate surface area is 170 Å². The summed E-state index contributed by atoms with van der Waals surface area (Å²) in [4.78, 5) is 19.5. The number of aromatic nitrogens is 3. The lowest BCUT2D eigenvalue weighted by atomic mass is 9.88. The van der Waals surface area contributed by atoms with Gasteiger partial charge >= 0.3 is 0 Å². The van der Waals surface area contributed by atoms with Crippen LogP contribution in [-0.2, 0) is 4.79 Å². The molecule has 2 fully saturated rings. The molecule has 0 radical (unpaired) electrons. The van der Waals surface area contributed by atoms with Crippen molar-refractivity contribution in [1.82, 2.24) is 20.1 Å². The summed E-state index contributed by atoms with van der Waals surface area (Å²) >= 11 is 1.35. The summed E-state index contributed by atoms with van der Waals surface area (Å²) < 4.78 is 5.72.